The lowest BCUT2D eigenvalue weighted by molar-refractivity contribution is -0.117. The highest BCUT2D eigenvalue weighted by Crippen LogP contribution is 2.38. The third-order valence-corrected chi connectivity index (χ3v) is 5.84. The molecule has 0 saturated heterocycles. The number of amides is 1. The molecule has 0 bridgehead atoms. The average Bonchev–Trinajstić information content (AvgIpc) is 3.10. The Morgan fingerprint density at radius 3 is 2.65 bits per heavy atom. The molecule has 5 nitrogen and oxygen atoms in total. The molecule has 1 saturated carbocycles. The quantitative estimate of drug-likeness (QED) is 0.813. The summed E-state index contributed by atoms with van der Waals surface area (Å²) in [4.78, 5) is 12.6. The van der Waals surface area contributed by atoms with E-state index in [4.69, 9.17) is 9.26 Å². The lowest BCUT2D eigenvalue weighted by atomic mass is 9.90. The van der Waals surface area contributed by atoms with E-state index in [2.05, 4.69) is 10.5 Å². The predicted molar refractivity (Wildman–Crippen MR) is 94.0 cm³/mol. The standard InChI is InChI=1S/C17H28N2O3S/c1-16(2,11-21-5)13-10-14(22-19-13)18-15(20)17(3,4)23-12-8-6-7-9-12/h10,12H,6-9,11H2,1-5H3,(H,18,20). The lowest BCUT2D eigenvalue weighted by Gasteiger charge is -2.25. The van der Waals surface area contributed by atoms with Crippen molar-refractivity contribution in [2.75, 3.05) is 19.0 Å². The molecule has 23 heavy (non-hydrogen) atoms. The molecule has 1 aliphatic rings. The number of carbonyl (C=O) groups is 1. The maximum atomic E-state index is 12.6. The summed E-state index contributed by atoms with van der Waals surface area (Å²) in [6.45, 7) is 8.53. The second kappa shape index (κ2) is 7.26. The van der Waals surface area contributed by atoms with Gasteiger partial charge < -0.3 is 9.26 Å². The summed E-state index contributed by atoms with van der Waals surface area (Å²) < 4.78 is 10.0. The van der Waals surface area contributed by atoms with Crippen LogP contribution in [0.15, 0.2) is 10.6 Å². The Bertz CT molecular complexity index is 534. The van der Waals surface area contributed by atoms with Crippen LogP contribution in [0.3, 0.4) is 0 Å². The van der Waals surface area contributed by atoms with E-state index in [0.717, 1.165) is 5.69 Å². The maximum Gasteiger partial charge on any atom is 0.242 e. The first kappa shape index (κ1) is 18.3. The van der Waals surface area contributed by atoms with Crippen molar-refractivity contribution >= 4 is 23.6 Å². The summed E-state index contributed by atoms with van der Waals surface area (Å²) in [6.07, 6.45) is 4.96. The molecule has 1 heterocycles. The topological polar surface area (TPSA) is 64.4 Å². The number of aromatic nitrogens is 1. The van der Waals surface area contributed by atoms with E-state index in [0.29, 0.717) is 17.7 Å². The molecule has 1 aromatic rings. The van der Waals surface area contributed by atoms with Gasteiger partial charge in [0.1, 0.15) is 0 Å². The minimum atomic E-state index is -0.482. The number of nitrogens with one attached hydrogen (secondary N) is 1. The van der Waals surface area contributed by atoms with E-state index in [1.165, 1.54) is 25.7 Å². The van der Waals surface area contributed by atoms with Crippen molar-refractivity contribution in [2.45, 2.75) is 68.8 Å². The Morgan fingerprint density at radius 1 is 1.39 bits per heavy atom. The SMILES string of the molecule is COCC(C)(C)c1cc(NC(=O)C(C)(C)SC2CCCC2)on1. The number of anilines is 1. The number of nitrogens with zero attached hydrogens (tertiary/aromatic N) is 1. The molecule has 2 rings (SSSR count). The van der Waals surface area contributed by atoms with Crippen molar-refractivity contribution < 1.29 is 14.1 Å². The Kier molecular flexibility index (Phi) is 5.79. The van der Waals surface area contributed by atoms with Gasteiger partial charge in [-0.05, 0) is 26.7 Å². The van der Waals surface area contributed by atoms with Crippen molar-refractivity contribution in [3.8, 4) is 0 Å². The van der Waals surface area contributed by atoms with Gasteiger partial charge in [0.25, 0.3) is 0 Å². The molecule has 130 valence electrons. The third-order valence-electron chi connectivity index (χ3n) is 4.26. The van der Waals surface area contributed by atoms with Gasteiger partial charge in [0.05, 0.1) is 17.0 Å². The Morgan fingerprint density at radius 2 is 2.04 bits per heavy atom. The molecule has 1 aliphatic carbocycles. The summed E-state index contributed by atoms with van der Waals surface area (Å²) in [5, 5.41) is 7.51. The molecule has 0 aromatic carbocycles. The van der Waals surface area contributed by atoms with Crippen LogP contribution in [-0.2, 0) is 14.9 Å². The molecule has 0 aliphatic heterocycles. The molecule has 0 spiro atoms. The summed E-state index contributed by atoms with van der Waals surface area (Å²) >= 11 is 1.76. The van der Waals surface area contributed by atoms with E-state index in [9.17, 15) is 4.79 Å². The monoisotopic (exact) mass is 340 g/mol. The largest absolute Gasteiger partial charge is 0.384 e. The third kappa shape index (κ3) is 4.73. The highest BCUT2D eigenvalue weighted by Gasteiger charge is 2.34. The van der Waals surface area contributed by atoms with E-state index < -0.39 is 4.75 Å². The van der Waals surface area contributed by atoms with E-state index >= 15 is 0 Å². The van der Waals surface area contributed by atoms with Crippen LogP contribution in [0.1, 0.15) is 59.1 Å². The van der Waals surface area contributed by atoms with Gasteiger partial charge in [-0.15, -0.1) is 11.8 Å². The zero-order valence-corrected chi connectivity index (χ0v) is 15.6. The van der Waals surface area contributed by atoms with Gasteiger partial charge in [0.15, 0.2) is 0 Å². The van der Waals surface area contributed by atoms with E-state index in [1.54, 1.807) is 24.9 Å². The van der Waals surface area contributed by atoms with E-state index in [1.807, 2.05) is 27.7 Å². The summed E-state index contributed by atoms with van der Waals surface area (Å²) in [5.41, 5.74) is 0.519. The normalized spacial score (nSPS) is 16.7. The molecule has 0 unspecified atom stereocenters. The van der Waals surface area contributed by atoms with Crippen LogP contribution < -0.4 is 5.32 Å². The number of hydrogen-bond donors (Lipinski definition) is 1. The molecular weight excluding hydrogens is 312 g/mol. The van der Waals surface area contributed by atoms with Crippen LogP contribution in [0.2, 0.25) is 0 Å². The fourth-order valence-corrected chi connectivity index (χ4v) is 4.39. The van der Waals surface area contributed by atoms with Crippen molar-refractivity contribution in [3.05, 3.63) is 11.8 Å². The molecule has 0 atom stereocenters. The zero-order valence-electron chi connectivity index (χ0n) is 14.8. The van der Waals surface area contributed by atoms with Crippen LogP contribution in [0, 0.1) is 0 Å². The molecule has 1 aromatic heterocycles. The van der Waals surface area contributed by atoms with Crippen molar-refractivity contribution in [2.24, 2.45) is 0 Å². The Labute approximate surface area is 142 Å². The summed E-state index contributed by atoms with van der Waals surface area (Å²) in [5.74, 6) is 0.357. The van der Waals surface area contributed by atoms with Gasteiger partial charge in [-0.2, -0.15) is 0 Å². The van der Waals surface area contributed by atoms with Gasteiger partial charge in [-0.1, -0.05) is 31.8 Å². The minimum absolute atomic E-state index is 0.0401. The Hall–Kier alpha value is -1.01. The highest BCUT2D eigenvalue weighted by atomic mass is 32.2. The van der Waals surface area contributed by atoms with Gasteiger partial charge >= 0.3 is 0 Å². The molecule has 1 amide bonds. The lowest BCUT2D eigenvalue weighted by Crippen LogP contribution is -2.35. The fourth-order valence-electron chi connectivity index (χ4n) is 2.83. The Balaban J connectivity index is 1.98. The van der Waals surface area contributed by atoms with Crippen LogP contribution in [-0.4, -0.2) is 34.8 Å². The molecular formula is C17H28N2O3S. The van der Waals surface area contributed by atoms with Gasteiger partial charge in [-0.3, -0.25) is 10.1 Å². The maximum absolute atomic E-state index is 12.6. The first-order chi connectivity index (χ1) is 10.7. The fraction of sp³-hybridized carbons (Fsp3) is 0.765. The first-order valence-corrected chi connectivity index (χ1v) is 9.08. The molecule has 0 radical (unpaired) electrons. The van der Waals surface area contributed by atoms with Gasteiger partial charge in [0.2, 0.25) is 11.8 Å². The van der Waals surface area contributed by atoms with Gasteiger partial charge in [0, 0.05) is 23.8 Å². The van der Waals surface area contributed by atoms with Crippen LogP contribution in [0.4, 0.5) is 5.88 Å². The van der Waals surface area contributed by atoms with E-state index in [-0.39, 0.29) is 11.3 Å². The number of thioether (sulfide) groups is 1. The molecule has 6 heteroatoms. The number of ether oxygens (including phenoxy) is 1. The second-order valence-corrected chi connectivity index (χ2v) is 9.31. The van der Waals surface area contributed by atoms with Crippen LogP contribution in [0.25, 0.3) is 0 Å². The number of rotatable bonds is 7. The number of carbonyl (C=O) groups excluding carboxylic acids is 1. The number of hydrogen-bond acceptors (Lipinski definition) is 5. The summed E-state index contributed by atoms with van der Waals surface area (Å²) in [7, 11) is 1.66. The van der Waals surface area contributed by atoms with Crippen molar-refractivity contribution in [1.82, 2.24) is 5.16 Å². The second-order valence-electron chi connectivity index (χ2n) is 7.38. The first-order valence-electron chi connectivity index (χ1n) is 8.20. The highest BCUT2D eigenvalue weighted by molar-refractivity contribution is 8.02. The minimum Gasteiger partial charge on any atom is -0.384 e. The van der Waals surface area contributed by atoms with Crippen molar-refractivity contribution in [3.63, 3.8) is 0 Å². The van der Waals surface area contributed by atoms with Crippen LogP contribution >= 0.6 is 11.8 Å². The smallest absolute Gasteiger partial charge is 0.242 e. The van der Waals surface area contributed by atoms with Gasteiger partial charge in [-0.25, -0.2) is 0 Å². The van der Waals surface area contributed by atoms with Crippen molar-refractivity contribution in [1.29, 1.82) is 0 Å². The zero-order chi connectivity index (χ0) is 17.1. The van der Waals surface area contributed by atoms with Crippen LogP contribution in [0.5, 0.6) is 0 Å². The summed E-state index contributed by atoms with van der Waals surface area (Å²) in [6, 6.07) is 1.78. The molecule has 1 fully saturated rings. The predicted octanol–water partition coefficient (Wildman–Crippen LogP) is 3.99. The molecule has 1 N–H and O–H groups in total. The average molecular weight is 340 g/mol. The number of methoxy groups -OCH3 is 1.